The number of ether oxygens (including phenoxy) is 1. The van der Waals surface area contributed by atoms with Gasteiger partial charge in [-0.05, 0) is 43.0 Å². The number of rotatable bonds is 4. The second kappa shape index (κ2) is 6.70. The van der Waals surface area contributed by atoms with Crippen molar-refractivity contribution < 1.29 is 19.4 Å². The number of fused-ring (bicyclic) bond motifs is 1. The first kappa shape index (κ1) is 17.2. The molecule has 6 nitrogen and oxygen atoms in total. The van der Waals surface area contributed by atoms with E-state index in [1.807, 2.05) is 17.9 Å². The lowest BCUT2D eigenvalue weighted by molar-refractivity contribution is -0.159. The van der Waals surface area contributed by atoms with Gasteiger partial charge in [0.15, 0.2) is 0 Å². The molecule has 2 aliphatic rings. The molecule has 0 bridgehead atoms. The number of amides is 1. The van der Waals surface area contributed by atoms with E-state index in [2.05, 4.69) is 5.32 Å². The van der Waals surface area contributed by atoms with E-state index in [0.29, 0.717) is 30.4 Å². The quantitative estimate of drug-likeness (QED) is 0.866. The van der Waals surface area contributed by atoms with Crippen molar-refractivity contribution in [1.29, 1.82) is 0 Å². The minimum atomic E-state index is -0.880. The Morgan fingerprint density at radius 2 is 2.29 bits per heavy atom. The topological polar surface area (TPSA) is 78.9 Å². The maximum absolute atomic E-state index is 12.3. The Balaban J connectivity index is 1.63. The van der Waals surface area contributed by atoms with Crippen LogP contribution in [0.15, 0.2) is 18.2 Å². The van der Waals surface area contributed by atoms with E-state index in [1.165, 1.54) is 0 Å². The highest BCUT2D eigenvalue weighted by Gasteiger charge is 2.54. The van der Waals surface area contributed by atoms with E-state index in [1.54, 1.807) is 12.1 Å². The van der Waals surface area contributed by atoms with Gasteiger partial charge in [0.2, 0.25) is 5.91 Å². The predicted molar refractivity (Wildman–Crippen MR) is 90.3 cm³/mol. The summed E-state index contributed by atoms with van der Waals surface area (Å²) in [4.78, 5) is 25.9. The number of likely N-dealkylation sites (tertiary alicyclic amines) is 1. The van der Waals surface area contributed by atoms with Gasteiger partial charge in [0.05, 0.1) is 13.2 Å². The standard InChI is InChI=1S/C17H21ClN2O4/c1-11-6-13(2-3-14(11)18)19-15(21)8-20-7-12-4-5-24-10-17(12,9-20)16(22)23/h2-3,6,12H,4-5,7-10H2,1H3,(H,19,21)(H,22,23)/t12-,17+/m0/s1. The van der Waals surface area contributed by atoms with Crippen LogP contribution in [-0.4, -0.2) is 54.7 Å². The number of halogens is 1. The molecule has 1 amide bonds. The zero-order chi connectivity index (χ0) is 17.3. The summed E-state index contributed by atoms with van der Waals surface area (Å²) in [5.74, 6) is -0.949. The van der Waals surface area contributed by atoms with E-state index < -0.39 is 11.4 Å². The molecular formula is C17H21ClN2O4. The van der Waals surface area contributed by atoms with Crippen LogP contribution in [0.25, 0.3) is 0 Å². The van der Waals surface area contributed by atoms with Gasteiger partial charge in [-0.25, -0.2) is 0 Å². The van der Waals surface area contributed by atoms with Crippen LogP contribution >= 0.6 is 11.6 Å². The van der Waals surface area contributed by atoms with Gasteiger partial charge in [0, 0.05) is 30.4 Å². The summed E-state index contributed by atoms with van der Waals surface area (Å²) in [6, 6.07) is 5.31. The molecule has 2 fully saturated rings. The molecule has 2 heterocycles. The Hall–Kier alpha value is -1.63. The van der Waals surface area contributed by atoms with Crippen LogP contribution < -0.4 is 5.32 Å². The first-order valence-electron chi connectivity index (χ1n) is 8.00. The molecule has 0 saturated carbocycles. The smallest absolute Gasteiger partial charge is 0.313 e. The van der Waals surface area contributed by atoms with E-state index >= 15 is 0 Å². The maximum Gasteiger partial charge on any atom is 0.313 e. The summed E-state index contributed by atoms with van der Waals surface area (Å²) in [6.45, 7) is 3.82. The van der Waals surface area contributed by atoms with Gasteiger partial charge >= 0.3 is 5.97 Å². The van der Waals surface area contributed by atoms with Crippen molar-refractivity contribution in [2.45, 2.75) is 13.3 Å². The van der Waals surface area contributed by atoms with Crippen LogP contribution in [0.2, 0.25) is 5.02 Å². The molecule has 1 aromatic carbocycles. The van der Waals surface area contributed by atoms with Gasteiger partial charge in [-0.3, -0.25) is 14.5 Å². The van der Waals surface area contributed by atoms with Crippen LogP contribution in [0.1, 0.15) is 12.0 Å². The van der Waals surface area contributed by atoms with Crippen molar-refractivity contribution >= 4 is 29.2 Å². The fraction of sp³-hybridized carbons (Fsp3) is 0.529. The Morgan fingerprint density at radius 3 is 2.96 bits per heavy atom. The Labute approximate surface area is 145 Å². The Bertz CT molecular complexity index is 666. The summed E-state index contributed by atoms with van der Waals surface area (Å²) < 4.78 is 5.40. The van der Waals surface area contributed by atoms with E-state index in [0.717, 1.165) is 12.0 Å². The first-order chi connectivity index (χ1) is 11.4. The molecule has 0 aromatic heterocycles. The largest absolute Gasteiger partial charge is 0.481 e. The van der Waals surface area contributed by atoms with Gasteiger partial charge in [-0.15, -0.1) is 0 Å². The van der Waals surface area contributed by atoms with Crippen molar-refractivity contribution in [3.63, 3.8) is 0 Å². The highest BCUT2D eigenvalue weighted by molar-refractivity contribution is 6.31. The molecule has 1 aromatic rings. The highest BCUT2D eigenvalue weighted by atomic mass is 35.5. The lowest BCUT2D eigenvalue weighted by atomic mass is 9.76. The molecule has 130 valence electrons. The molecular weight excluding hydrogens is 332 g/mol. The molecule has 0 unspecified atom stereocenters. The number of carboxylic acid groups (broad SMARTS) is 1. The van der Waals surface area contributed by atoms with Crippen molar-refractivity contribution in [2.24, 2.45) is 11.3 Å². The molecule has 2 atom stereocenters. The lowest BCUT2D eigenvalue weighted by Crippen LogP contribution is -2.46. The van der Waals surface area contributed by atoms with Crippen molar-refractivity contribution in [3.05, 3.63) is 28.8 Å². The van der Waals surface area contributed by atoms with Gasteiger partial charge < -0.3 is 15.2 Å². The molecule has 3 rings (SSSR count). The summed E-state index contributed by atoms with van der Waals surface area (Å²) in [5, 5.41) is 13.1. The Morgan fingerprint density at radius 1 is 1.50 bits per heavy atom. The average Bonchev–Trinajstić information content (AvgIpc) is 2.90. The van der Waals surface area contributed by atoms with Crippen molar-refractivity contribution in [3.8, 4) is 0 Å². The third-order valence-electron chi connectivity index (χ3n) is 4.97. The number of aryl methyl sites for hydroxylation is 1. The Kier molecular flexibility index (Phi) is 4.80. The molecule has 2 saturated heterocycles. The minimum absolute atomic E-state index is 0.0364. The van der Waals surface area contributed by atoms with Gasteiger partial charge in [0.25, 0.3) is 0 Å². The van der Waals surface area contributed by atoms with Crippen LogP contribution in [0, 0.1) is 18.3 Å². The normalized spacial score (nSPS) is 26.8. The van der Waals surface area contributed by atoms with Gasteiger partial charge in [0.1, 0.15) is 5.41 Å². The van der Waals surface area contributed by atoms with E-state index in [9.17, 15) is 14.7 Å². The number of carbonyl (C=O) groups excluding carboxylic acids is 1. The minimum Gasteiger partial charge on any atom is -0.481 e. The monoisotopic (exact) mass is 352 g/mol. The molecule has 24 heavy (non-hydrogen) atoms. The molecule has 2 aliphatic heterocycles. The van der Waals surface area contributed by atoms with Crippen LogP contribution in [0.5, 0.6) is 0 Å². The maximum atomic E-state index is 12.3. The van der Waals surface area contributed by atoms with E-state index in [-0.39, 0.29) is 25.0 Å². The number of nitrogens with zero attached hydrogens (tertiary/aromatic N) is 1. The zero-order valence-corrected chi connectivity index (χ0v) is 14.3. The van der Waals surface area contributed by atoms with Crippen LogP contribution in [0.3, 0.4) is 0 Å². The van der Waals surface area contributed by atoms with Crippen molar-refractivity contribution in [2.75, 3.05) is 38.2 Å². The number of carboxylic acids is 1. The average molecular weight is 353 g/mol. The zero-order valence-electron chi connectivity index (χ0n) is 13.5. The molecule has 7 heteroatoms. The summed E-state index contributed by atoms with van der Waals surface area (Å²) in [6.07, 6.45) is 0.723. The van der Waals surface area contributed by atoms with Crippen molar-refractivity contribution in [1.82, 2.24) is 4.90 Å². The second-order valence-electron chi connectivity index (χ2n) is 6.68. The molecule has 0 spiro atoms. The number of aliphatic carboxylic acids is 1. The number of hydrogen-bond acceptors (Lipinski definition) is 4. The number of nitrogens with one attached hydrogen (secondary N) is 1. The fourth-order valence-corrected chi connectivity index (χ4v) is 3.76. The lowest BCUT2D eigenvalue weighted by Gasteiger charge is -2.34. The third kappa shape index (κ3) is 3.27. The SMILES string of the molecule is Cc1cc(NC(=O)CN2C[C@@H]3CCOC[C@]3(C(=O)O)C2)ccc1Cl. The summed E-state index contributed by atoms with van der Waals surface area (Å²) >= 11 is 5.98. The summed E-state index contributed by atoms with van der Waals surface area (Å²) in [7, 11) is 0. The van der Waals surface area contributed by atoms with Gasteiger partial charge in [-0.2, -0.15) is 0 Å². The highest BCUT2D eigenvalue weighted by Crippen LogP contribution is 2.41. The molecule has 0 radical (unpaired) electrons. The van der Waals surface area contributed by atoms with E-state index in [4.69, 9.17) is 16.3 Å². The van der Waals surface area contributed by atoms with Gasteiger partial charge in [-0.1, -0.05) is 11.6 Å². The number of carbonyl (C=O) groups is 2. The van der Waals surface area contributed by atoms with Crippen LogP contribution in [-0.2, 0) is 14.3 Å². The molecule has 0 aliphatic carbocycles. The second-order valence-corrected chi connectivity index (χ2v) is 7.09. The fourth-order valence-electron chi connectivity index (χ4n) is 3.64. The number of benzene rings is 1. The third-order valence-corrected chi connectivity index (χ3v) is 5.40. The first-order valence-corrected chi connectivity index (χ1v) is 8.38. The predicted octanol–water partition coefficient (Wildman–Crippen LogP) is 2.01. The number of anilines is 1. The van der Waals surface area contributed by atoms with Crippen LogP contribution in [0.4, 0.5) is 5.69 Å². The summed E-state index contributed by atoms with van der Waals surface area (Å²) in [5.41, 5.74) is 0.702. The number of hydrogen-bond donors (Lipinski definition) is 2. The molecule has 2 N–H and O–H groups in total.